The van der Waals surface area contributed by atoms with Crippen LogP contribution in [0.5, 0.6) is 5.75 Å². The molecule has 18 heavy (non-hydrogen) atoms. The molecule has 1 fully saturated rings. The predicted molar refractivity (Wildman–Crippen MR) is 63.8 cm³/mol. The Morgan fingerprint density at radius 3 is 2.44 bits per heavy atom. The lowest BCUT2D eigenvalue weighted by atomic mass is 10.00. The molecule has 1 unspecified atom stereocenters. The Labute approximate surface area is 105 Å². The lowest BCUT2D eigenvalue weighted by molar-refractivity contribution is -0.268. The molecular formula is C12H17NO5. The summed E-state index contributed by atoms with van der Waals surface area (Å²) in [6, 6.07) is 6.77. The Kier molecular flexibility index (Phi) is 3.72. The first-order valence-corrected chi connectivity index (χ1v) is 5.71. The Morgan fingerprint density at radius 1 is 1.11 bits per heavy atom. The van der Waals surface area contributed by atoms with E-state index in [1.54, 1.807) is 31.2 Å². The average Bonchev–Trinajstić information content (AvgIpc) is 2.36. The van der Waals surface area contributed by atoms with E-state index in [1.165, 1.54) is 0 Å². The van der Waals surface area contributed by atoms with Gasteiger partial charge in [-0.2, -0.15) is 0 Å². The van der Waals surface area contributed by atoms with E-state index in [2.05, 4.69) is 0 Å². The Bertz CT molecular complexity index is 413. The molecule has 0 aliphatic carbocycles. The molecule has 0 bridgehead atoms. The van der Waals surface area contributed by atoms with Crippen LogP contribution in [0.1, 0.15) is 6.92 Å². The van der Waals surface area contributed by atoms with Gasteiger partial charge in [-0.15, -0.1) is 0 Å². The Balaban J connectivity index is 2.12. The van der Waals surface area contributed by atoms with Crippen LogP contribution in [0, 0.1) is 0 Å². The summed E-state index contributed by atoms with van der Waals surface area (Å²) < 4.78 is 10.7. The molecule has 1 heterocycles. The number of nitrogen functional groups attached to an aromatic ring is 1. The number of hydrogen-bond acceptors (Lipinski definition) is 6. The smallest absolute Gasteiger partial charge is 0.229 e. The van der Waals surface area contributed by atoms with E-state index in [9.17, 15) is 15.3 Å². The summed E-state index contributed by atoms with van der Waals surface area (Å²) >= 11 is 0. The largest absolute Gasteiger partial charge is 0.460 e. The average molecular weight is 255 g/mol. The molecule has 0 amide bonds. The van der Waals surface area contributed by atoms with Crippen molar-refractivity contribution in [3.8, 4) is 5.75 Å². The number of ether oxygens (including phenoxy) is 2. The van der Waals surface area contributed by atoms with Crippen molar-refractivity contribution in [1.29, 1.82) is 0 Å². The highest BCUT2D eigenvalue weighted by atomic mass is 16.7. The number of hydrogen-bond donors (Lipinski definition) is 4. The highest BCUT2D eigenvalue weighted by Gasteiger charge is 2.43. The number of aliphatic hydroxyl groups excluding tert-OH is 3. The molecule has 6 nitrogen and oxygen atoms in total. The molecule has 5 N–H and O–H groups in total. The third-order valence-corrected chi connectivity index (χ3v) is 2.97. The minimum Gasteiger partial charge on any atom is -0.460 e. The van der Waals surface area contributed by atoms with Crippen molar-refractivity contribution in [2.24, 2.45) is 0 Å². The van der Waals surface area contributed by atoms with Gasteiger partial charge < -0.3 is 30.5 Å². The van der Waals surface area contributed by atoms with E-state index in [-0.39, 0.29) is 0 Å². The van der Waals surface area contributed by atoms with E-state index in [0.717, 1.165) is 0 Å². The standard InChI is InChI=1S/C12H17NO5/c1-6-9(14)10(15)11(16)12(17-6)18-8-5-3-2-4-7(8)13/h2-6,9-12,14-16H,13H2,1H3/t6-,9+,10+,11-,12?/m1/s1. The van der Waals surface area contributed by atoms with Crippen LogP contribution in [-0.4, -0.2) is 46.0 Å². The normalized spacial score (nSPS) is 36.3. The van der Waals surface area contributed by atoms with E-state index >= 15 is 0 Å². The molecule has 5 atom stereocenters. The second-order valence-corrected chi connectivity index (χ2v) is 4.34. The summed E-state index contributed by atoms with van der Waals surface area (Å²) in [5, 5.41) is 29.0. The summed E-state index contributed by atoms with van der Waals surface area (Å²) in [5.74, 6) is 0.359. The third-order valence-electron chi connectivity index (χ3n) is 2.97. The summed E-state index contributed by atoms with van der Waals surface area (Å²) in [7, 11) is 0. The van der Waals surface area contributed by atoms with Crippen molar-refractivity contribution in [3.05, 3.63) is 24.3 Å². The molecule has 0 aromatic heterocycles. The van der Waals surface area contributed by atoms with Crippen LogP contribution in [-0.2, 0) is 4.74 Å². The molecule has 2 rings (SSSR count). The highest BCUT2D eigenvalue weighted by molar-refractivity contribution is 5.51. The summed E-state index contributed by atoms with van der Waals surface area (Å²) in [6.07, 6.45) is -5.51. The monoisotopic (exact) mass is 255 g/mol. The molecule has 1 aromatic rings. The maximum atomic E-state index is 9.78. The molecule has 0 radical (unpaired) electrons. The van der Waals surface area contributed by atoms with Gasteiger partial charge in [0.2, 0.25) is 6.29 Å². The van der Waals surface area contributed by atoms with E-state index in [0.29, 0.717) is 11.4 Å². The fourth-order valence-electron chi connectivity index (χ4n) is 1.82. The van der Waals surface area contributed by atoms with Gasteiger partial charge >= 0.3 is 0 Å². The zero-order chi connectivity index (χ0) is 13.3. The number of benzene rings is 1. The van der Waals surface area contributed by atoms with Crippen LogP contribution in [0.3, 0.4) is 0 Å². The van der Waals surface area contributed by atoms with Crippen LogP contribution in [0.25, 0.3) is 0 Å². The van der Waals surface area contributed by atoms with Crippen LogP contribution in [0.4, 0.5) is 5.69 Å². The van der Waals surface area contributed by atoms with Gasteiger partial charge in [-0.3, -0.25) is 0 Å². The van der Waals surface area contributed by atoms with Gasteiger partial charge in [0.05, 0.1) is 11.8 Å². The topological polar surface area (TPSA) is 105 Å². The van der Waals surface area contributed by atoms with Gasteiger partial charge in [0.1, 0.15) is 24.1 Å². The lowest BCUT2D eigenvalue weighted by Crippen LogP contribution is -2.58. The van der Waals surface area contributed by atoms with Gasteiger partial charge in [0, 0.05) is 0 Å². The maximum absolute atomic E-state index is 9.78. The van der Waals surface area contributed by atoms with Crippen LogP contribution in [0.2, 0.25) is 0 Å². The Morgan fingerprint density at radius 2 is 1.78 bits per heavy atom. The molecule has 100 valence electrons. The third kappa shape index (κ3) is 2.41. The second-order valence-electron chi connectivity index (χ2n) is 4.34. The molecular weight excluding hydrogens is 238 g/mol. The number of nitrogens with two attached hydrogens (primary N) is 1. The first-order valence-electron chi connectivity index (χ1n) is 5.71. The predicted octanol–water partition coefficient (Wildman–Crippen LogP) is -0.525. The van der Waals surface area contributed by atoms with Gasteiger partial charge in [-0.25, -0.2) is 0 Å². The fourth-order valence-corrected chi connectivity index (χ4v) is 1.82. The van der Waals surface area contributed by atoms with Gasteiger partial charge in [-0.05, 0) is 19.1 Å². The molecule has 0 saturated carbocycles. The molecule has 1 saturated heterocycles. The SMILES string of the molecule is C[C@H]1OC(Oc2ccccc2N)[C@H](O)[C@@H](O)[C@H]1O. The van der Waals surface area contributed by atoms with Crippen molar-refractivity contribution < 1.29 is 24.8 Å². The molecule has 1 aliphatic rings. The first-order chi connectivity index (χ1) is 8.50. The second kappa shape index (κ2) is 5.11. The van der Waals surface area contributed by atoms with Crippen molar-refractivity contribution in [2.45, 2.75) is 37.6 Å². The van der Waals surface area contributed by atoms with Crippen molar-refractivity contribution in [2.75, 3.05) is 5.73 Å². The molecule has 1 aliphatic heterocycles. The van der Waals surface area contributed by atoms with Gasteiger partial charge in [-0.1, -0.05) is 12.1 Å². The summed E-state index contributed by atoms with van der Waals surface area (Å²) in [6.45, 7) is 1.59. The minimum absolute atomic E-state index is 0.359. The van der Waals surface area contributed by atoms with Gasteiger partial charge in [0.15, 0.2) is 0 Å². The first kappa shape index (κ1) is 13.1. The summed E-state index contributed by atoms with van der Waals surface area (Å²) in [4.78, 5) is 0. The Hall–Kier alpha value is -1.34. The van der Waals surface area contributed by atoms with Crippen LogP contribution < -0.4 is 10.5 Å². The fraction of sp³-hybridized carbons (Fsp3) is 0.500. The maximum Gasteiger partial charge on any atom is 0.229 e. The van der Waals surface area contributed by atoms with Crippen molar-refractivity contribution >= 4 is 5.69 Å². The zero-order valence-corrected chi connectivity index (χ0v) is 9.93. The zero-order valence-electron chi connectivity index (χ0n) is 9.93. The number of aliphatic hydroxyl groups is 3. The molecule has 0 spiro atoms. The van der Waals surface area contributed by atoms with E-state index < -0.39 is 30.7 Å². The van der Waals surface area contributed by atoms with Gasteiger partial charge in [0.25, 0.3) is 0 Å². The number of anilines is 1. The van der Waals surface area contributed by atoms with E-state index in [4.69, 9.17) is 15.2 Å². The lowest BCUT2D eigenvalue weighted by Gasteiger charge is -2.39. The minimum atomic E-state index is -1.34. The highest BCUT2D eigenvalue weighted by Crippen LogP contribution is 2.27. The van der Waals surface area contributed by atoms with Crippen LogP contribution >= 0.6 is 0 Å². The number of para-hydroxylation sites is 2. The molecule has 1 aromatic carbocycles. The summed E-state index contributed by atoms with van der Waals surface area (Å²) in [5.41, 5.74) is 6.11. The van der Waals surface area contributed by atoms with Crippen molar-refractivity contribution in [1.82, 2.24) is 0 Å². The number of rotatable bonds is 2. The quantitative estimate of drug-likeness (QED) is 0.530. The molecule has 6 heteroatoms. The van der Waals surface area contributed by atoms with Crippen LogP contribution in [0.15, 0.2) is 24.3 Å². The van der Waals surface area contributed by atoms with E-state index in [1.807, 2.05) is 0 Å². The van der Waals surface area contributed by atoms with Crippen molar-refractivity contribution in [3.63, 3.8) is 0 Å².